The Hall–Kier alpha value is -1.40. The predicted octanol–water partition coefficient (Wildman–Crippen LogP) is -0.123. The standard InChI is InChI=1S/C10H16N4O2/c15-10(16)9(7-4-12-13-5-7)14-8-2-1-3-11-6-8/h4-5,8-9,11,14H,1-3,6H2,(H,12,13)(H,15,16). The van der Waals surface area contributed by atoms with Gasteiger partial charge in [-0.1, -0.05) is 0 Å². The van der Waals surface area contributed by atoms with Crippen LogP contribution in [0.15, 0.2) is 12.4 Å². The van der Waals surface area contributed by atoms with Gasteiger partial charge < -0.3 is 10.4 Å². The van der Waals surface area contributed by atoms with Crippen molar-refractivity contribution in [1.29, 1.82) is 0 Å². The maximum absolute atomic E-state index is 11.1. The molecule has 1 fully saturated rings. The summed E-state index contributed by atoms with van der Waals surface area (Å²) in [4.78, 5) is 11.1. The number of piperidine rings is 1. The molecule has 4 N–H and O–H groups in total. The molecule has 6 heteroatoms. The summed E-state index contributed by atoms with van der Waals surface area (Å²) < 4.78 is 0. The number of aromatic amines is 1. The summed E-state index contributed by atoms with van der Waals surface area (Å²) in [6.07, 6.45) is 5.24. The van der Waals surface area contributed by atoms with Crippen LogP contribution in [0.2, 0.25) is 0 Å². The van der Waals surface area contributed by atoms with E-state index in [1.165, 1.54) is 0 Å². The fraction of sp³-hybridized carbons (Fsp3) is 0.600. The minimum Gasteiger partial charge on any atom is -0.480 e. The molecule has 1 saturated heterocycles. The van der Waals surface area contributed by atoms with Crippen LogP contribution in [0.4, 0.5) is 0 Å². The zero-order chi connectivity index (χ0) is 11.4. The van der Waals surface area contributed by atoms with Gasteiger partial charge in [-0.2, -0.15) is 5.10 Å². The molecule has 88 valence electrons. The monoisotopic (exact) mass is 224 g/mol. The van der Waals surface area contributed by atoms with Crippen LogP contribution in [0.25, 0.3) is 0 Å². The number of carbonyl (C=O) groups is 1. The number of hydrogen-bond donors (Lipinski definition) is 4. The minimum absolute atomic E-state index is 0.213. The molecule has 1 aliphatic rings. The normalized spacial score (nSPS) is 22.9. The highest BCUT2D eigenvalue weighted by atomic mass is 16.4. The lowest BCUT2D eigenvalue weighted by molar-refractivity contribution is -0.140. The lowest BCUT2D eigenvalue weighted by Crippen LogP contribution is -2.46. The van der Waals surface area contributed by atoms with Gasteiger partial charge in [-0.25, -0.2) is 0 Å². The van der Waals surface area contributed by atoms with Gasteiger partial charge >= 0.3 is 5.97 Å². The second kappa shape index (κ2) is 5.09. The number of carboxylic acids is 1. The average Bonchev–Trinajstić information content (AvgIpc) is 2.80. The zero-order valence-corrected chi connectivity index (χ0v) is 8.94. The van der Waals surface area contributed by atoms with E-state index >= 15 is 0 Å². The maximum atomic E-state index is 11.1. The Morgan fingerprint density at radius 2 is 2.56 bits per heavy atom. The van der Waals surface area contributed by atoms with Gasteiger partial charge in [0.25, 0.3) is 0 Å². The number of nitrogens with one attached hydrogen (secondary N) is 3. The van der Waals surface area contributed by atoms with E-state index < -0.39 is 12.0 Å². The van der Waals surface area contributed by atoms with Crippen LogP contribution in [0.5, 0.6) is 0 Å². The van der Waals surface area contributed by atoms with E-state index in [1.807, 2.05) is 0 Å². The first kappa shape index (κ1) is 11.1. The van der Waals surface area contributed by atoms with Gasteiger partial charge in [-0.3, -0.25) is 15.2 Å². The summed E-state index contributed by atoms with van der Waals surface area (Å²) in [7, 11) is 0. The summed E-state index contributed by atoms with van der Waals surface area (Å²) >= 11 is 0. The molecule has 2 unspecified atom stereocenters. The van der Waals surface area contributed by atoms with E-state index in [0.29, 0.717) is 5.56 Å². The molecule has 0 radical (unpaired) electrons. The molecule has 0 bridgehead atoms. The molecule has 16 heavy (non-hydrogen) atoms. The highest BCUT2D eigenvalue weighted by Crippen LogP contribution is 2.14. The SMILES string of the molecule is O=C(O)C(NC1CCCNC1)c1cn[nH]c1. The maximum Gasteiger partial charge on any atom is 0.325 e. The fourth-order valence-electron chi connectivity index (χ4n) is 1.96. The quantitative estimate of drug-likeness (QED) is 0.572. The number of hydrogen-bond acceptors (Lipinski definition) is 4. The highest BCUT2D eigenvalue weighted by molar-refractivity contribution is 5.75. The number of carboxylic acid groups (broad SMARTS) is 1. The smallest absolute Gasteiger partial charge is 0.325 e. The molecule has 0 aliphatic carbocycles. The molecule has 1 aromatic rings. The summed E-state index contributed by atoms with van der Waals surface area (Å²) in [5, 5.41) is 21.9. The largest absolute Gasteiger partial charge is 0.480 e. The third kappa shape index (κ3) is 2.59. The first-order valence-corrected chi connectivity index (χ1v) is 5.45. The Kier molecular flexibility index (Phi) is 3.53. The van der Waals surface area contributed by atoms with E-state index in [1.54, 1.807) is 12.4 Å². The molecule has 2 rings (SSSR count). The van der Waals surface area contributed by atoms with Crippen LogP contribution >= 0.6 is 0 Å². The zero-order valence-electron chi connectivity index (χ0n) is 8.94. The average molecular weight is 224 g/mol. The predicted molar refractivity (Wildman–Crippen MR) is 58.0 cm³/mol. The van der Waals surface area contributed by atoms with Crippen molar-refractivity contribution < 1.29 is 9.90 Å². The third-order valence-electron chi connectivity index (χ3n) is 2.80. The second-order valence-electron chi connectivity index (χ2n) is 4.01. The fourth-order valence-corrected chi connectivity index (χ4v) is 1.96. The number of rotatable bonds is 4. The van der Waals surface area contributed by atoms with Crippen molar-refractivity contribution in [2.45, 2.75) is 24.9 Å². The Balaban J connectivity index is 2.00. The van der Waals surface area contributed by atoms with Crippen LogP contribution < -0.4 is 10.6 Å². The van der Waals surface area contributed by atoms with Gasteiger partial charge in [0, 0.05) is 24.3 Å². The Labute approximate surface area is 93.4 Å². The summed E-state index contributed by atoms with van der Waals surface area (Å²) in [6, 6.07) is -0.464. The topological polar surface area (TPSA) is 90.0 Å². The first-order valence-electron chi connectivity index (χ1n) is 5.45. The molecule has 6 nitrogen and oxygen atoms in total. The minimum atomic E-state index is -0.869. The van der Waals surface area contributed by atoms with Crippen molar-refractivity contribution in [1.82, 2.24) is 20.8 Å². The van der Waals surface area contributed by atoms with E-state index in [4.69, 9.17) is 5.11 Å². The number of aliphatic carboxylic acids is 1. The molecule has 1 aliphatic heterocycles. The molecule has 2 atom stereocenters. The first-order chi connectivity index (χ1) is 7.77. The number of nitrogens with zero attached hydrogens (tertiary/aromatic N) is 1. The van der Waals surface area contributed by atoms with Crippen LogP contribution in [-0.4, -0.2) is 40.4 Å². The van der Waals surface area contributed by atoms with Crippen LogP contribution in [-0.2, 0) is 4.79 Å². The molecular weight excluding hydrogens is 208 g/mol. The van der Waals surface area contributed by atoms with Crippen molar-refractivity contribution in [3.63, 3.8) is 0 Å². The Morgan fingerprint density at radius 1 is 1.69 bits per heavy atom. The molecule has 2 heterocycles. The van der Waals surface area contributed by atoms with Gasteiger partial charge in [0.15, 0.2) is 0 Å². The van der Waals surface area contributed by atoms with Crippen molar-refractivity contribution in [3.05, 3.63) is 18.0 Å². The number of H-pyrrole nitrogens is 1. The molecular formula is C10H16N4O2. The van der Waals surface area contributed by atoms with E-state index in [9.17, 15) is 4.79 Å². The molecule has 0 spiro atoms. The van der Waals surface area contributed by atoms with E-state index in [-0.39, 0.29) is 6.04 Å². The van der Waals surface area contributed by atoms with Gasteiger partial charge in [0.2, 0.25) is 0 Å². The third-order valence-corrected chi connectivity index (χ3v) is 2.80. The summed E-state index contributed by atoms with van der Waals surface area (Å²) in [6.45, 7) is 1.84. The molecule has 0 aromatic carbocycles. The lowest BCUT2D eigenvalue weighted by Gasteiger charge is -2.26. The summed E-state index contributed by atoms with van der Waals surface area (Å²) in [5.74, 6) is -0.869. The molecule has 1 aromatic heterocycles. The second-order valence-corrected chi connectivity index (χ2v) is 4.01. The van der Waals surface area contributed by atoms with Gasteiger partial charge in [-0.05, 0) is 19.4 Å². The van der Waals surface area contributed by atoms with Crippen molar-refractivity contribution in [2.24, 2.45) is 0 Å². The summed E-state index contributed by atoms with van der Waals surface area (Å²) in [5.41, 5.74) is 0.665. The van der Waals surface area contributed by atoms with Gasteiger partial charge in [0.1, 0.15) is 6.04 Å². The van der Waals surface area contributed by atoms with Gasteiger partial charge in [0.05, 0.1) is 6.20 Å². The highest BCUT2D eigenvalue weighted by Gasteiger charge is 2.24. The van der Waals surface area contributed by atoms with Gasteiger partial charge in [-0.15, -0.1) is 0 Å². The number of aromatic nitrogens is 2. The van der Waals surface area contributed by atoms with E-state index in [0.717, 1.165) is 25.9 Å². The van der Waals surface area contributed by atoms with Crippen LogP contribution in [0.1, 0.15) is 24.4 Å². The van der Waals surface area contributed by atoms with E-state index in [2.05, 4.69) is 20.8 Å². The molecule has 0 amide bonds. The van der Waals surface area contributed by atoms with Crippen LogP contribution in [0.3, 0.4) is 0 Å². The lowest BCUT2D eigenvalue weighted by atomic mass is 10.0. The Morgan fingerprint density at radius 3 is 3.12 bits per heavy atom. The molecule has 0 saturated carbocycles. The van der Waals surface area contributed by atoms with Crippen molar-refractivity contribution >= 4 is 5.97 Å². The Bertz CT molecular complexity index is 333. The van der Waals surface area contributed by atoms with Crippen LogP contribution in [0, 0.1) is 0 Å². The van der Waals surface area contributed by atoms with Crippen molar-refractivity contribution in [2.75, 3.05) is 13.1 Å². The van der Waals surface area contributed by atoms with Crippen molar-refractivity contribution in [3.8, 4) is 0 Å².